The van der Waals surface area contributed by atoms with Gasteiger partial charge in [-0.2, -0.15) is 18.3 Å². The van der Waals surface area contributed by atoms with Crippen molar-refractivity contribution in [1.82, 2.24) is 20.0 Å². The van der Waals surface area contributed by atoms with Gasteiger partial charge < -0.3 is 4.42 Å². The van der Waals surface area contributed by atoms with Crippen LogP contribution in [0.15, 0.2) is 4.42 Å². The van der Waals surface area contributed by atoms with Crippen LogP contribution >= 0.6 is 11.6 Å². The predicted octanol–water partition coefficient (Wildman–Crippen LogP) is 3.16. The zero-order valence-corrected chi connectivity index (χ0v) is 11.0. The minimum atomic E-state index is -4.60. The van der Waals surface area contributed by atoms with Gasteiger partial charge in [0.1, 0.15) is 6.04 Å². The second-order valence-corrected chi connectivity index (χ2v) is 4.40. The van der Waals surface area contributed by atoms with Crippen LogP contribution in [-0.4, -0.2) is 20.0 Å². The van der Waals surface area contributed by atoms with Crippen LogP contribution in [0.1, 0.15) is 36.1 Å². The Labute approximate surface area is 111 Å². The summed E-state index contributed by atoms with van der Waals surface area (Å²) in [6, 6.07) is -0.630. The Bertz CT molecular complexity index is 604. The molecule has 0 fully saturated rings. The fraction of sp³-hybridized carbons (Fsp3) is 0.500. The monoisotopic (exact) mass is 294 g/mol. The summed E-state index contributed by atoms with van der Waals surface area (Å²) in [4.78, 5) is 0. The van der Waals surface area contributed by atoms with Crippen LogP contribution in [0.3, 0.4) is 0 Å². The summed E-state index contributed by atoms with van der Waals surface area (Å²) >= 11 is 5.67. The first kappa shape index (κ1) is 13.9. The summed E-state index contributed by atoms with van der Waals surface area (Å²) in [6.07, 6.45) is -4.60. The maximum absolute atomic E-state index is 12.7. The lowest BCUT2D eigenvalue weighted by atomic mass is 10.3. The van der Waals surface area contributed by atoms with E-state index in [0.29, 0.717) is 5.89 Å². The van der Waals surface area contributed by atoms with Crippen molar-refractivity contribution < 1.29 is 17.6 Å². The van der Waals surface area contributed by atoms with Gasteiger partial charge in [0.05, 0.1) is 10.7 Å². The molecule has 1 atom stereocenters. The average Bonchev–Trinajstić information content (AvgIpc) is 2.84. The second kappa shape index (κ2) is 4.52. The summed E-state index contributed by atoms with van der Waals surface area (Å²) < 4.78 is 44.4. The molecule has 0 radical (unpaired) electrons. The molecule has 2 aromatic rings. The number of alkyl halides is 3. The van der Waals surface area contributed by atoms with E-state index in [-0.39, 0.29) is 11.6 Å². The van der Waals surface area contributed by atoms with Crippen LogP contribution in [0, 0.1) is 13.8 Å². The molecular formula is C10H10ClF3N4O. The third-order valence-electron chi connectivity index (χ3n) is 2.61. The van der Waals surface area contributed by atoms with E-state index < -0.39 is 22.9 Å². The van der Waals surface area contributed by atoms with E-state index >= 15 is 0 Å². The molecule has 2 heterocycles. The third-order valence-corrected chi connectivity index (χ3v) is 3.06. The lowest BCUT2D eigenvalue weighted by molar-refractivity contribution is -0.141. The number of hydrogen-bond acceptors (Lipinski definition) is 4. The van der Waals surface area contributed by atoms with E-state index in [4.69, 9.17) is 16.0 Å². The van der Waals surface area contributed by atoms with Gasteiger partial charge in [-0.1, -0.05) is 11.6 Å². The van der Waals surface area contributed by atoms with Crippen molar-refractivity contribution >= 4 is 11.6 Å². The SMILES string of the molecule is Cc1nnc(C(C)n2nc(C(F)(F)F)c(Cl)c2C)o1. The molecule has 0 aliphatic carbocycles. The fourth-order valence-corrected chi connectivity index (χ4v) is 1.87. The van der Waals surface area contributed by atoms with Crippen molar-refractivity contribution in [2.24, 2.45) is 0 Å². The number of rotatable bonds is 2. The topological polar surface area (TPSA) is 56.7 Å². The minimum absolute atomic E-state index is 0.175. The second-order valence-electron chi connectivity index (χ2n) is 4.03. The van der Waals surface area contributed by atoms with Gasteiger partial charge in [0.25, 0.3) is 0 Å². The Balaban J connectivity index is 2.46. The molecule has 0 N–H and O–H groups in total. The molecule has 1 unspecified atom stereocenters. The lowest BCUT2D eigenvalue weighted by Crippen LogP contribution is -2.13. The number of aryl methyl sites for hydroxylation is 1. The molecule has 104 valence electrons. The smallest absolute Gasteiger partial charge is 0.423 e. The van der Waals surface area contributed by atoms with Gasteiger partial charge in [0, 0.05) is 6.92 Å². The summed E-state index contributed by atoms with van der Waals surface area (Å²) in [7, 11) is 0. The molecule has 0 amide bonds. The van der Waals surface area contributed by atoms with Crippen LogP contribution in [0.4, 0.5) is 13.2 Å². The van der Waals surface area contributed by atoms with Crippen molar-refractivity contribution in [2.75, 3.05) is 0 Å². The van der Waals surface area contributed by atoms with Crippen LogP contribution in [0.2, 0.25) is 5.02 Å². The van der Waals surface area contributed by atoms with Crippen LogP contribution < -0.4 is 0 Å². The van der Waals surface area contributed by atoms with Crippen LogP contribution in [0.5, 0.6) is 0 Å². The van der Waals surface area contributed by atoms with E-state index in [9.17, 15) is 13.2 Å². The van der Waals surface area contributed by atoms with Gasteiger partial charge >= 0.3 is 6.18 Å². The van der Waals surface area contributed by atoms with E-state index in [0.717, 1.165) is 4.68 Å². The highest BCUT2D eigenvalue weighted by Crippen LogP contribution is 2.36. The normalized spacial score (nSPS) is 13.8. The summed E-state index contributed by atoms with van der Waals surface area (Å²) in [5.41, 5.74) is -0.924. The van der Waals surface area contributed by atoms with Crippen molar-refractivity contribution in [3.05, 3.63) is 28.2 Å². The van der Waals surface area contributed by atoms with Gasteiger partial charge in [-0.15, -0.1) is 10.2 Å². The van der Waals surface area contributed by atoms with Crippen molar-refractivity contribution in [1.29, 1.82) is 0 Å². The first-order chi connectivity index (χ1) is 8.71. The zero-order chi connectivity index (χ0) is 14.4. The van der Waals surface area contributed by atoms with Gasteiger partial charge in [0.15, 0.2) is 5.69 Å². The van der Waals surface area contributed by atoms with Gasteiger partial charge in [-0.3, -0.25) is 4.68 Å². The average molecular weight is 295 g/mol. The van der Waals surface area contributed by atoms with Gasteiger partial charge in [-0.25, -0.2) is 0 Å². The molecule has 0 aromatic carbocycles. The standard InChI is InChI=1S/C10H10ClF3N4O/c1-4-7(11)8(10(12,13)14)17-18(4)5(2)9-16-15-6(3)19-9/h5H,1-3H3. The molecule has 0 aliphatic heterocycles. The van der Waals surface area contributed by atoms with E-state index in [2.05, 4.69) is 15.3 Å². The van der Waals surface area contributed by atoms with Crippen LogP contribution in [-0.2, 0) is 6.18 Å². The van der Waals surface area contributed by atoms with Gasteiger partial charge in [0.2, 0.25) is 11.8 Å². The number of hydrogen-bond donors (Lipinski definition) is 0. The molecule has 0 spiro atoms. The summed E-state index contributed by atoms with van der Waals surface area (Å²) in [6.45, 7) is 4.64. The summed E-state index contributed by atoms with van der Waals surface area (Å²) in [5.74, 6) is 0.502. The molecule has 2 rings (SSSR count). The Morgan fingerprint density at radius 1 is 1.26 bits per heavy atom. The molecule has 0 saturated carbocycles. The highest BCUT2D eigenvalue weighted by molar-refractivity contribution is 6.31. The first-order valence-electron chi connectivity index (χ1n) is 5.33. The van der Waals surface area contributed by atoms with Crippen molar-refractivity contribution in [3.63, 3.8) is 0 Å². The molecule has 0 saturated heterocycles. The molecule has 9 heteroatoms. The quantitative estimate of drug-likeness (QED) is 0.853. The number of aromatic nitrogens is 4. The largest absolute Gasteiger partial charge is 0.436 e. The maximum atomic E-state index is 12.7. The molecule has 2 aromatic heterocycles. The molecular weight excluding hydrogens is 285 g/mol. The van der Waals surface area contributed by atoms with E-state index in [1.165, 1.54) is 6.92 Å². The molecule has 0 aliphatic rings. The number of halogens is 4. The van der Waals surface area contributed by atoms with Crippen LogP contribution in [0.25, 0.3) is 0 Å². The van der Waals surface area contributed by atoms with Crippen molar-refractivity contribution in [3.8, 4) is 0 Å². The van der Waals surface area contributed by atoms with Gasteiger partial charge in [-0.05, 0) is 13.8 Å². The zero-order valence-electron chi connectivity index (χ0n) is 10.3. The molecule has 19 heavy (non-hydrogen) atoms. The Kier molecular flexibility index (Phi) is 3.29. The Morgan fingerprint density at radius 2 is 1.89 bits per heavy atom. The number of nitrogens with zero attached hydrogens (tertiary/aromatic N) is 4. The summed E-state index contributed by atoms with van der Waals surface area (Å²) in [5, 5.41) is 10.5. The van der Waals surface area contributed by atoms with E-state index in [1.54, 1.807) is 13.8 Å². The predicted molar refractivity (Wildman–Crippen MR) is 59.8 cm³/mol. The van der Waals surface area contributed by atoms with Crippen molar-refractivity contribution in [2.45, 2.75) is 33.0 Å². The molecule has 5 nitrogen and oxygen atoms in total. The third kappa shape index (κ3) is 2.44. The lowest BCUT2D eigenvalue weighted by Gasteiger charge is -2.09. The Hall–Kier alpha value is -1.57. The highest BCUT2D eigenvalue weighted by Gasteiger charge is 2.39. The Morgan fingerprint density at radius 3 is 2.32 bits per heavy atom. The maximum Gasteiger partial charge on any atom is 0.436 e. The van der Waals surface area contributed by atoms with E-state index in [1.807, 2.05) is 0 Å². The molecule has 0 bridgehead atoms. The first-order valence-corrected chi connectivity index (χ1v) is 5.71. The minimum Gasteiger partial charge on any atom is -0.423 e. The highest BCUT2D eigenvalue weighted by atomic mass is 35.5. The fourth-order valence-electron chi connectivity index (χ4n) is 1.64.